The molecular weight excluding hydrogens is 291 g/mol. The second-order valence-electron chi connectivity index (χ2n) is 4.23. The fourth-order valence-corrected chi connectivity index (χ4v) is 2.86. The summed E-state index contributed by atoms with van der Waals surface area (Å²) in [5.41, 5.74) is 0.677. The highest BCUT2D eigenvalue weighted by atomic mass is 35.5. The molecule has 0 aliphatic carbocycles. The van der Waals surface area contributed by atoms with Crippen LogP contribution < -0.4 is 10.0 Å². The van der Waals surface area contributed by atoms with Crippen LogP contribution in [-0.2, 0) is 10.0 Å². The highest BCUT2D eigenvalue weighted by Gasteiger charge is 2.16. The van der Waals surface area contributed by atoms with Gasteiger partial charge in [-0.2, -0.15) is 0 Å². The molecule has 0 fully saturated rings. The summed E-state index contributed by atoms with van der Waals surface area (Å²) < 4.78 is 39.8. The molecule has 0 spiro atoms. The van der Waals surface area contributed by atoms with E-state index in [4.69, 9.17) is 0 Å². The molecule has 0 atom stereocenters. The largest absolute Gasteiger partial charge is 0.320 e. The highest BCUT2D eigenvalue weighted by molar-refractivity contribution is 7.89. The maximum Gasteiger partial charge on any atom is 0.240 e. The minimum Gasteiger partial charge on any atom is -0.320 e. The first kappa shape index (κ1) is 18.3. The van der Waals surface area contributed by atoms with Crippen LogP contribution in [0.15, 0.2) is 17.0 Å². The maximum absolute atomic E-state index is 13.4. The number of halogens is 2. The van der Waals surface area contributed by atoms with Crippen LogP contribution >= 0.6 is 12.4 Å². The Morgan fingerprint density at radius 2 is 1.68 bits per heavy atom. The fourth-order valence-electron chi connectivity index (χ4n) is 1.62. The molecule has 7 heteroatoms. The summed E-state index contributed by atoms with van der Waals surface area (Å²) in [6.45, 7) is 4.22. The van der Waals surface area contributed by atoms with E-state index in [2.05, 4.69) is 10.0 Å². The Bertz CT molecular complexity index is 497. The molecule has 0 radical (unpaired) electrons. The van der Waals surface area contributed by atoms with E-state index in [0.717, 1.165) is 6.54 Å². The van der Waals surface area contributed by atoms with Crippen molar-refractivity contribution in [3.8, 4) is 0 Å². The molecule has 0 amide bonds. The fraction of sp³-hybridized carbons (Fsp3) is 0.500. The number of rotatable bonds is 6. The van der Waals surface area contributed by atoms with Crippen LogP contribution in [0.5, 0.6) is 0 Å². The molecule has 0 bridgehead atoms. The van der Waals surface area contributed by atoms with Gasteiger partial charge in [0.2, 0.25) is 10.0 Å². The Morgan fingerprint density at radius 3 is 2.16 bits per heavy atom. The van der Waals surface area contributed by atoms with Gasteiger partial charge < -0.3 is 5.32 Å². The third kappa shape index (κ3) is 5.06. The van der Waals surface area contributed by atoms with Crippen molar-refractivity contribution < 1.29 is 12.8 Å². The van der Waals surface area contributed by atoms with Crippen molar-refractivity contribution in [3.05, 3.63) is 29.1 Å². The summed E-state index contributed by atoms with van der Waals surface area (Å²) in [6.07, 6.45) is 0.703. The lowest BCUT2D eigenvalue weighted by Gasteiger charge is -2.09. The van der Waals surface area contributed by atoms with Gasteiger partial charge in [0.1, 0.15) is 5.82 Å². The second kappa shape index (κ2) is 7.79. The number of sulfonamides is 1. The van der Waals surface area contributed by atoms with Gasteiger partial charge in [-0.05, 0) is 57.1 Å². The summed E-state index contributed by atoms with van der Waals surface area (Å²) in [6, 6.07) is 2.70. The molecule has 0 heterocycles. The zero-order valence-electron chi connectivity index (χ0n) is 11.3. The van der Waals surface area contributed by atoms with Crippen molar-refractivity contribution in [2.24, 2.45) is 0 Å². The number of benzene rings is 1. The van der Waals surface area contributed by atoms with Crippen LogP contribution in [0, 0.1) is 19.7 Å². The van der Waals surface area contributed by atoms with E-state index in [1.165, 1.54) is 12.1 Å². The lowest BCUT2D eigenvalue weighted by molar-refractivity contribution is 0.575. The quantitative estimate of drug-likeness (QED) is 0.787. The predicted octanol–water partition coefficient (Wildman–Crippen LogP) is 1.75. The summed E-state index contributed by atoms with van der Waals surface area (Å²) in [7, 11) is -1.74. The molecule has 0 saturated carbocycles. The molecule has 110 valence electrons. The second-order valence-corrected chi connectivity index (χ2v) is 5.99. The zero-order chi connectivity index (χ0) is 13.8. The molecule has 0 aromatic heterocycles. The SMILES string of the molecule is CNCCCNS(=O)(=O)c1cc(C)c(F)c(C)c1.Cl. The molecule has 0 unspecified atom stereocenters. The first-order valence-electron chi connectivity index (χ1n) is 5.79. The first-order chi connectivity index (χ1) is 8.38. The van der Waals surface area contributed by atoms with Crippen LogP contribution in [0.1, 0.15) is 17.5 Å². The van der Waals surface area contributed by atoms with Gasteiger partial charge in [-0.25, -0.2) is 17.5 Å². The summed E-state index contributed by atoms with van der Waals surface area (Å²) in [5, 5.41) is 2.94. The topological polar surface area (TPSA) is 58.2 Å². The highest BCUT2D eigenvalue weighted by Crippen LogP contribution is 2.18. The molecule has 4 nitrogen and oxygen atoms in total. The maximum atomic E-state index is 13.4. The van der Waals surface area contributed by atoms with Crippen LogP contribution in [0.25, 0.3) is 0 Å². The number of hydrogen-bond donors (Lipinski definition) is 2. The van der Waals surface area contributed by atoms with Gasteiger partial charge in [0, 0.05) is 6.54 Å². The molecule has 1 rings (SSSR count). The van der Waals surface area contributed by atoms with Crippen LogP contribution in [0.3, 0.4) is 0 Å². The third-order valence-electron chi connectivity index (χ3n) is 2.62. The monoisotopic (exact) mass is 310 g/mol. The van der Waals surface area contributed by atoms with Gasteiger partial charge in [0.25, 0.3) is 0 Å². The van der Waals surface area contributed by atoms with Gasteiger partial charge in [-0.1, -0.05) is 0 Å². The standard InChI is InChI=1S/C12H19FN2O2S.ClH/c1-9-7-11(8-10(2)12(9)13)18(16,17)15-6-4-5-14-3;/h7-8,14-15H,4-6H2,1-3H3;1H. The Labute approximate surface area is 120 Å². The van der Waals surface area contributed by atoms with Crippen molar-refractivity contribution in [3.63, 3.8) is 0 Å². The van der Waals surface area contributed by atoms with Crippen molar-refractivity contribution in [1.29, 1.82) is 0 Å². The van der Waals surface area contributed by atoms with E-state index in [1.54, 1.807) is 20.9 Å². The Kier molecular flexibility index (Phi) is 7.51. The van der Waals surface area contributed by atoms with Gasteiger partial charge in [-0.3, -0.25) is 0 Å². The number of nitrogens with one attached hydrogen (secondary N) is 2. The van der Waals surface area contributed by atoms with E-state index in [9.17, 15) is 12.8 Å². The van der Waals surface area contributed by atoms with Gasteiger partial charge in [0.05, 0.1) is 4.90 Å². The van der Waals surface area contributed by atoms with E-state index in [1.807, 2.05) is 0 Å². The van der Waals surface area contributed by atoms with E-state index in [-0.39, 0.29) is 23.1 Å². The average molecular weight is 311 g/mol. The zero-order valence-corrected chi connectivity index (χ0v) is 12.9. The number of hydrogen-bond acceptors (Lipinski definition) is 3. The van der Waals surface area contributed by atoms with Gasteiger partial charge in [-0.15, -0.1) is 12.4 Å². The van der Waals surface area contributed by atoms with Crippen LogP contribution in [0.4, 0.5) is 4.39 Å². The molecule has 0 aliphatic rings. The molecule has 1 aromatic rings. The number of aryl methyl sites for hydroxylation is 2. The molecule has 2 N–H and O–H groups in total. The Balaban J connectivity index is 0.00000324. The lowest BCUT2D eigenvalue weighted by atomic mass is 10.1. The van der Waals surface area contributed by atoms with Crippen molar-refractivity contribution >= 4 is 22.4 Å². The van der Waals surface area contributed by atoms with Crippen molar-refractivity contribution in [1.82, 2.24) is 10.0 Å². The van der Waals surface area contributed by atoms with E-state index in [0.29, 0.717) is 24.1 Å². The Morgan fingerprint density at radius 1 is 1.16 bits per heavy atom. The summed E-state index contributed by atoms with van der Waals surface area (Å²) in [4.78, 5) is 0.114. The normalized spacial score (nSPS) is 11.2. The Hall–Kier alpha value is -0.690. The van der Waals surface area contributed by atoms with Crippen molar-refractivity contribution in [2.45, 2.75) is 25.2 Å². The third-order valence-corrected chi connectivity index (χ3v) is 4.06. The summed E-state index contributed by atoms with van der Waals surface area (Å²) >= 11 is 0. The predicted molar refractivity (Wildman–Crippen MR) is 76.9 cm³/mol. The van der Waals surface area contributed by atoms with Crippen molar-refractivity contribution in [2.75, 3.05) is 20.1 Å². The van der Waals surface area contributed by atoms with E-state index >= 15 is 0 Å². The smallest absolute Gasteiger partial charge is 0.240 e. The molecule has 1 aromatic carbocycles. The lowest BCUT2D eigenvalue weighted by Crippen LogP contribution is -2.27. The van der Waals surface area contributed by atoms with E-state index < -0.39 is 10.0 Å². The molecular formula is C12H20ClFN2O2S. The summed E-state index contributed by atoms with van der Waals surface area (Å²) in [5.74, 6) is -0.357. The minimum absolute atomic E-state index is 0. The van der Waals surface area contributed by atoms with Crippen LogP contribution in [-0.4, -0.2) is 28.6 Å². The molecule has 0 saturated heterocycles. The van der Waals surface area contributed by atoms with Gasteiger partial charge >= 0.3 is 0 Å². The first-order valence-corrected chi connectivity index (χ1v) is 7.28. The minimum atomic E-state index is -3.55. The van der Waals surface area contributed by atoms with Crippen LogP contribution in [0.2, 0.25) is 0 Å². The molecule has 0 aliphatic heterocycles. The molecule has 19 heavy (non-hydrogen) atoms. The van der Waals surface area contributed by atoms with Gasteiger partial charge in [0.15, 0.2) is 0 Å². The average Bonchev–Trinajstić information content (AvgIpc) is 2.31.